The summed E-state index contributed by atoms with van der Waals surface area (Å²) in [5.41, 5.74) is 2.14. The molecule has 0 aliphatic rings. The molecule has 30 heavy (non-hydrogen) atoms. The quantitative estimate of drug-likeness (QED) is 0.453. The molecule has 7 nitrogen and oxygen atoms in total. The second kappa shape index (κ2) is 11.8. The minimum Gasteiger partial charge on any atom is -0.493 e. The number of hydrogen-bond donors (Lipinski definition) is 2. The Morgan fingerprint density at radius 1 is 0.900 bits per heavy atom. The molecule has 2 rings (SSSR count). The molecule has 0 heterocycles. The molecule has 0 fully saturated rings. The van der Waals surface area contributed by atoms with E-state index in [2.05, 4.69) is 22.5 Å². The molecule has 0 aliphatic heterocycles. The maximum Gasteiger partial charge on any atom is 0.191 e. The molecule has 0 saturated heterocycles. The third kappa shape index (κ3) is 6.20. The summed E-state index contributed by atoms with van der Waals surface area (Å²) in [6.07, 6.45) is 0. The molecular formula is C23H33N3O4. The average Bonchev–Trinajstić information content (AvgIpc) is 2.77. The van der Waals surface area contributed by atoms with Gasteiger partial charge in [0.25, 0.3) is 0 Å². The van der Waals surface area contributed by atoms with Crippen molar-refractivity contribution in [3.63, 3.8) is 0 Å². The van der Waals surface area contributed by atoms with E-state index in [0.717, 1.165) is 22.6 Å². The van der Waals surface area contributed by atoms with Crippen LogP contribution in [0.1, 0.15) is 37.9 Å². The summed E-state index contributed by atoms with van der Waals surface area (Å²) in [4.78, 5) is 4.33. The molecule has 0 saturated carbocycles. The number of guanidine groups is 1. The Kier molecular flexibility index (Phi) is 9.12. The van der Waals surface area contributed by atoms with Gasteiger partial charge in [-0.2, -0.15) is 0 Å². The van der Waals surface area contributed by atoms with Gasteiger partial charge in [-0.3, -0.25) is 4.99 Å². The van der Waals surface area contributed by atoms with Crippen LogP contribution in [0, 0.1) is 0 Å². The maximum absolute atomic E-state index is 5.74. The van der Waals surface area contributed by atoms with Crippen LogP contribution in [0.15, 0.2) is 41.4 Å². The number of hydrogen-bond acceptors (Lipinski definition) is 5. The van der Waals surface area contributed by atoms with E-state index in [4.69, 9.17) is 18.9 Å². The molecule has 2 N–H and O–H groups in total. The molecule has 0 radical (unpaired) electrons. The van der Waals surface area contributed by atoms with Crippen molar-refractivity contribution in [1.82, 2.24) is 10.6 Å². The summed E-state index contributed by atoms with van der Waals surface area (Å²) in [6.45, 7) is 7.78. The zero-order chi connectivity index (χ0) is 21.9. The Morgan fingerprint density at radius 3 is 2.20 bits per heavy atom. The Morgan fingerprint density at radius 2 is 1.57 bits per heavy atom. The maximum atomic E-state index is 5.74. The van der Waals surface area contributed by atoms with Crippen molar-refractivity contribution < 1.29 is 18.9 Å². The van der Waals surface area contributed by atoms with Crippen LogP contribution in [0.4, 0.5) is 0 Å². The van der Waals surface area contributed by atoms with Crippen LogP contribution in [0.3, 0.4) is 0 Å². The third-order valence-corrected chi connectivity index (χ3v) is 4.55. The highest BCUT2D eigenvalue weighted by Gasteiger charge is 2.13. The molecule has 0 aliphatic carbocycles. The fourth-order valence-corrected chi connectivity index (χ4v) is 3.00. The SMILES string of the molecule is CCOc1ccc(C(C)NC(=NC)NCc2ccc(OC)c(OC)c2)cc1OCC. The topological polar surface area (TPSA) is 73.3 Å². The summed E-state index contributed by atoms with van der Waals surface area (Å²) in [5, 5.41) is 6.74. The van der Waals surface area contributed by atoms with Crippen molar-refractivity contribution in [3.05, 3.63) is 47.5 Å². The predicted octanol–water partition coefficient (Wildman–Crippen LogP) is 3.93. The molecule has 0 spiro atoms. The molecule has 1 unspecified atom stereocenters. The van der Waals surface area contributed by atoms with E-state index >= 15 is 0 Å². The van der Waals surface area contributed by atoms with Gasteiger partial charge in [0, 0.05) is 13.6 Å². The van der Waals surface area contributed by atoms with Crippen LogP contribution in [0.5, 0.6) is 23.0 Å². The standard InChI is InChI=1S/C23H33N3O4/c1-7-29-20-12-10-18(14-22(20)30-8-2)16(3)26-23(24-4)25-15-17-9-11-19(27-5)21(13-17)28-6/h9-14,16H,7-8,15H2,1-6H3,(H2,24,25,26). The van der Waals surface area contributed by atoms with Gasteiger partial charge in [-0.15, -0.1) is 0 Å². The van der Waals surface area contributed by atoms with Gasteiger partial charge >= 0.3 is 0 Å². The van der Waals surface area contributed by atoms with Crippen LogP contribution in [-0.2, 0) is 6.54 Å². The van der Waals surface area contributed by atoms with E-state index in [1.54, 1.807) is 21.3 Å². The fourth-order valence-electron chi connectivity index (χ4n) is 3.00. The van der Waals surface area contributed by atoms with Gasteiger partial charge in [0.2, 0.25) is 0 Å². The van der Waals surface area contributed by atoms with Crippen molar-refractivity contribution in [2.75, 3.05) is 34.5 Å². The number of aliphatic imine (C=N–C) groups is 1. The second-order valence-electron chi connectivity index (χ2n) is 6.55. The van der Waals surface area contributed by atoms with Gasteiger partial charge in [0.1, 0.15) is 0 Å². The van der Waals surface area contributed by atoms with Crippen LogP contribution in [0.2, 0.25) is 0 Å². The van der Waals surface area contributed by atoms with E-state index in [1.807, 2.05) is 50.2 Å². The minimum absolute atomic E-state index is 0.0245. The van der Waals surface area contributed by atoms with Crippen LogP contribution in [-0.4, -0.2) is 40.4 Å². The Bertz CT molecular complexity index is 839. The monoisotopic (exact) mass is 415 g/mol. The third-order valence-electron chi connectivity index (χ3n) is 4.55. The Labute approximate surface area is 179 Å². The molecule has 2 aromatic rings. The molecule has 0 amide bonds. The van der Waals surface area contributed by atoms with Gasteiger partial charge in [-0.05, 0) is 56.2 Å². The normalized spacial score (nSPS) is 12.1. The number of nitrogens with one attached hydrogen (secondary N) is 2. The van der Waals surface area contributed by atoms with Crippen molar-refractivity contribution in [2.45, 2.75) is 33.4 Å². The van der Waals surface area contributed by atoms with Crippen molar-refractivity contribution in [1.29, 1.82) is 0 Å². The minimum atomic E-state index is 0.0245. The highest BCUT2D eigenvalue weighted by atomic mass is 16.5. The lowest BCUT2D eigenvalue weighted by molar-refractivity contribution is 0.287. The van der Waals surface area contributed by atoms with Crippen molar-refractivity contribution in [2.24, 2.45) is 4.99 Å². The van der Waals surface area contributed by atoms with E-state index in [9.17, 15) is 0 Å². The first-order valence-corrected chi connectivity index (χ1v) is 10.1. The first-order valence-electron chi connectivity index (χ1n) is 10.1. The second-order valence-corrected chi connectivity index (χ2v) is 6.55. The average molecular weight is 416 g/mol. The van der Waals surface area contributed by atoms with Gasteiger partial charge in [0.05, 0.1) is 33.5 Å². The van der Waals surface area contributed by atoms with Gasteiger partial charge in [-0.1, -0.05) is 12.1 Å². The summed E-state index contributed by atoms with van der Waals surface area (Å²) in [7, 11) is 5.01. The highest BCUT2D eigenvalue weighted by Crippen LogP contribution is 2.31. The fraction of sp³-hybridized carbons (Fsp3) is 0.435. The van der Waals surface area contributed by atoms with Crippen molar-refractivity contribution in [3.8, 4) is 23.0 Å². The lowest BCUT2D eigenvalue weighted by Gasteiger charge is -2.20. The molecule has 164 valence electrons. The molecule has 7 heteroatoms. The number of benzene rings is 2. The molecule has 0 bridgehead atoms. The summed E-state index contributed by atoms with van der Waals surface area (Å²) in [5.74, 6) is 3.61. The lowest BCUT2D eigenvalue weighted by Crippen LogP contribution is -2.38. The number of ether oxygens (including phenoxy) is 4. The zero-order valence-electron chi connectivity index (χ0n) is 18.7. The van der Waals surface area contributed by atoms with E-state index in [-0.39, 0.29) is 6.04 Å². The summed E-state index contributed by atoms with van der Waals surface area (Å²) >= 11 is 0. The number of methoxy groups -OCH3 is 2. The first kappa shape index (κ1) is 23.2. The van der Waals surface area contributed by atoms with Crippen LogP contribution < -0.4 is 29.6 Å². The summed E-state index contributed by atoms with van der Waals surface area (Å²) in [6, 6.07) is 11.8. The number of nitrogens with zero attached hydrogens (tertiary/aromatic N) is 1. The van der Waals surface area contributed by atoms with Gasteiger partial charge in [-0.25, -0.2) is 0 Å². The molecular weight excluding hydrogens is 382 g/mol. The van der Waals surface area contributed by atoms with E-state index < -0.39 is 0 Å². The van der Waals surface area contributed by atoms with Gasteiger partial charge < -0.3 is 29.6 Å². The Hall–Kier alpha value is -3.09. The van der Waals surface area contributed by atoms with Crippen molar-refractivity contribution >= 4 is 5.96 Å². The molecule has 2 aromatic carbocycles. The van der Waals surface area contributed by atoms with Crippen LogP contribution >= 0.6 is 0 Å². The van der Waals surface area contributed by atoms with Crippen LogP contribution in [0.25, 0.3) is 0 Å². The number of rotatable bonds is 10. The predicted molar refractivity (Wildman–Crippen MR) is 120 cm³/mol. The largest absolute Gasteiger partial charge is 0.493 e. The lowest BCUT2D eigenvalue weighted by atomic mass is 10.1. The molecule has 0 aromatic heterocycles. The zero-order valence-corrected chi connectivity index (χ0v) is 18.7. The molecule has 1 atom stereocenters. The smallest absolute Gasteiger partial charge is 0.191 e. The first-order chi connectivity index (χ1) is 14.6. The van der Waals surface area contributed by atoms with Gasteiger partial charge in [0.15, 0.2) is 29.0 Å². The van der Waals surface area contributed by atoms with E-state index in [0.29, 0.717) is 37.2 Å². The highest BCUT2D eigenvalue weighted by molar-refractivity contribution is 5.80. The summed E-state index contributed by atoms with van der Waals surface area (Å²) < 4.78 is 22.0. The Balaban J connectivity index is 2.04. The van der Waals surface area contributed by atoms with E-state index in [1.165, 1.54) is 0 Å².